The molecule has 1 N–H and O–H groups in total. The molecular weight excluding hydrogens is 277 g/mol. The van der Waals surface area contributed by atoms with Gasteiger partial charge < -0.3 is 5.32 Å². The summed E-state index contributed by atoms with van der Waals surface area (Å²) in [6.45, 7) is 0. The van der Waals surface area contributed by atoms with Crippen molar-refractivity contribution in [1.82, 2.24) is 9.78 Å². The lowest BCUT2D eigenvalue weighted by atomic mass is 10.2. The quantitative estimate of drug-likeness (QED) is 0.695. The molecule has 2 aromatic rings. The normalized spacial score (nSPS) is 11.4. The van der Waals surface area contributed by atoms with Crippen LogP contribution in [0.1, 0.15) is 5.56 Å². The number of nitrogens with zero attached hydrogens (tertiary/aromatic N) is 3. The van der Waals surface area contributed by atoms with Gasteiger partial charge in [0.05, 0.1) is 16.2 Å². The molecule has 1 aromatic heterocycles. The van der Waals surface area contributed by atoms with Gasteiger partial charge in [0.15, 0.2) is 0 Å². The van der Waals surface area contributed by atoms with Crippen LogP contribution in [0.4, 0.5) is 24.7 Å². The van der Waals surface area contributed by atoms with Gasteiger partial charge >= 0.3 is 11.9 Å². The highest BCUT2D eigenvalue weighted by Crippen LogP contribution is 2.31. The number of hydrogen-bond donors (Lipinski definition) is 1. The van der Waals surface area contributed by atoms with Crippen molar-refractivity contribution in [3.8, 4) is 5.69 Å². The third kappa shape index (κ3) is 2.42. The SMILES string of the molecule is CNc1c([N+](=O)[O-])cnn1-c1ccc(C(F)(F)F)cc1. The lowest BCUT2D eigenvalue weighted by molar-refractivity contribution is -0.384. The molecule has 0 saturated carbocycles. The van der Waals surface area contributed by atoms with E-state index < -0.39 is 16.7 Å². The summed E-state index contributed by atoms with van der Waals surface area (Å²) < 4.78 is 38.5. The summed E-state index contributed by atoms with van der Waals surface area (Å²) in [6.07, 6.45) is -3.40. The van der Waals surface area contributed by atoms with Gasteiger partial charge in [-0.3, -0.25) is 10.1 Å². The number of anilines is 1. The third-order valence-electron chi connectivity index (χ3n) is 2.62. The zero-order chi connectivity index (χ0) is 14.9. The van der Waals surface area contributed by atoms with Crippen LogP contribution >= 0.6 is 0 Å². The van der Waals surface area contributed by atoms with Crippen molar-refractivity contribution in [2.24, 2.45) is 0 Å². The summed E-state index contributed by atoms with van der Waals surface area (Å²) in [5.41, 5.74) is -0.767. The molecule has 0 radical (unpaired) electrons. The van der Waals surface area contributed by atoms with Crippen LogP contribution in [0.5, 0.6) is 0 Å². The number of alkyl halides is 3. The summed E-state index contributed by atoms with van der Waals surface area (Å²) >= 11 is 0. The Bertz CT molecular complexity index is 634. The molecule has 2 rings (SSSR count). The van der Waals surface area contributed by atoms with E-state index in [-0.39, 0.29) is 17.2 Å². The van der Waals surface area contributed by atoms with Gasteiger partial charge in [0.2, 0.25) is 5.82 Å². The van der Waals surface area contributed by atoms with Crippen LogP contribution in [0, 0.1) is 10.1 Å². The fraction of sp³-hybridized carbons (Fsp3) is 0.182. The molecule has 0 aliphatic carbocycles. The van der Waals surface area contributed by atoms with Crippen LogP contribution in [0.25, 0.3) is 5.69 Å². The van der Waals surface area contributed by atoms with Crippen molar-refractivity contribution in [1.29, 1.82) is 0 Å². The molecular formula is C11H9F3N4O2. The Morgan fingerprint density at radius 2 is 1.90 bits per heavy atom. The summed E-state index contributed by atoms with van der Waals surface area (Å²) in [5, 5.41) is 17.2. The van der Waals surface area contributed by atoms with Crippen molar-refractivity contribution in [2.75, 3.05) is 12.4 Å². The molecule has 0 bridgehead atoms. The van der Waals surface area contributed by atoms with Crippen LogP contribution < -0.4 is 5.32 Å². The number of halogens is 3. The van der Waals surface area contributed by atoms with Gasteiger partial charge in [0.25, 0.3) is 0 Å². The second-order valence-electron chi connectivity index (χ2n) is 3.84. The van der Waals surface area contributed by atoms with E-state index in [2.05, 4.69) is 10.4 Å². The van der Waals surface area contributed by atoms with E-state index in [1.165, 1.54) is 19.2 Å². The number of hydrogen-bond acceptors (Lipinski definition) is 4. The van der Waals surface area contributed by atoms with Crippen LogP contribution in [0.3, 0.4) is 0 Å². The highest BCUT2D eigenvalue weighted by atomic mass is 19.4. The standard InChI is InChI=1S/C11H9F3N4O2/c1-15-10-9(18(19)20)6-16-17(10)8-4-2-7(3-5-8)11(12,13)14/h2-6,15H,1H3. The number of benzene rings is 1. The molecule has 0 fully saturated rings. The summed E-state index contributed by atoms with van der Waals surface area (Å²) in [6, 6.07) is 4.17. The van der Waals surface area contributed by atoms with Gasteiger partial charge in [-0.1, -0.05) is 0 Å². The lowest BCUT2D eigenvalue weighted by Crippen LogP contribution is -2.07. The molecule has 9 heteroatoms. The minimum Gasteiger partial charge on any atom is -0.367 e. The maximum absolute atomic E-state index is 12.5. The van der Waals surface area contributed by atoms with E-state index in [0.29, 0.717) is 0 Å². The fourth-order valence-electron chi connectivity index (χ4n) is 1.69. The predicted octanol–water partition coefficient (Wildman–Crippen LogP) is 2.84. The molecule has 0 atom stereocenters. The molecule has 1 aromatic carbocycles. The van der Waals surface area contributed by atoms with Gasteiger partial charge in [-0.25, -0.2) is 4.68 Å². The molecule has 1 heterocycles. The van der Waals surface area contributed by atoms with Gasteiger partial charge in [-0.15, -0.1) is 0 Å². The van der Waals surface area contributed by atoms with Crippen LogP contribution in [-0.4, -0.2) is 21.8 Å². The topological polar surface area (TPSA) is 73.0 Å². The van der Waals surface area contributed by atoms with Crippen molar-refractivity contribution >= 4 is 11.5 Å². The molecule has 0 aliphatic heterocycles. The molecule has 106 valence electrons. The first kappa shape index (κ1) is 13.8. The average molecular weight is 286 g/mol. The van der Waals surface area contributed by atoms with E-state index in [0.717, 1.165) is 23.0 Å². The minimum atomic E-state index is -4.43. The van der Waals surface area contributed by atoms with Crippen molar-refractivity contribution in [3.63, 3.8) is 0 Å². The second kappa shape index (κ2) is 4.83. The smallest absolute Gasteiger partial charge is 0.367 e. The number of nitro groups is 1. The Morgan fingerprint density at radius 1 is 1.30 bits per heavy atom. The number of nitrogens with one attached hydrogen (secondary N) is 1. The second-order valence-corrected chi connectivity index (χ2v) is 3.84. The predicted molar refractivity (Wildman–Crippen MR) is 64.8 cm³/mol. The van der Waals surface area contributed by atoms with Crippen molar-refractivity contribution in [2.45, 2.75) is 6.18 Å². The summed E-state index contributed by atoms with van der Waals surface area (Å²) in [7, 11) is 1.46. The first-order valence-electron chi connectivity index (χ1n) is 5.42. The molecule has 0 spiro atoms. The number of rotatable bonds is 3. The molecule has 0 amide bonds. The molecule has 20 heavy (non-hydrogen) atoms. The van der Waals surface area contributed by atoms with Crippen LogP contribution in [0.2, 0.25) is 0 Å². The van der Waals surface area contributed by atoms with E-state index >= 15 is 0 Å². The third-order valence-corrected chi connectivity index (χ3v) is 2.62. The Balaban J connectivity index is 2.45. The zero-order valence-electron chi connectivity index (χ0n) is 10.2. The summed E-state index contributed by atoms with van der Waals surface area (Å²) in [5.74, 6) is 0.0924. The van der Waals surface area contributed by atoms with Gasteiger partial charge in [0.1, 0.15) is 6.20 Å². The largest absolute Gasteiger partial charge is 0.416 e. The first-order valence-corrected chi connectivity index (χ1v) is 5.42. The average Bonchev–Trinajstić information content (AvgIpc) is 2.81. The maximum Gasteiger partial charge on any atom is 0.416 e. The van der Waals surface area contributed by atoms with E-state index in [4.69, 9.17) is 0 Å². The molecule has 0 aliphatic rings. The Hall–Kier alpha value is -2.58. The van der Waals surface area contributed by atoms with E-state index in [1.807, 2.05) is 0 Å². The minimum absolute atomic E-state index is 0.0924. The highest BCUT2D eigenvalue weighted by Gasteiger charge is 2.30. The van der Waals surface area contributed by atoms with Gasteiger partial charge in [-0.05, 0) is 24.3 Å². The molecule has 0 unspecified atom stereocenters. The Labute approximate surface area is 111 Å². The Morgan fingerprint density at radius 3 is 2.35 bits per heavy atom. The van der Waals surface area contributed by atoms with E-state index in [9.17, 15) is 23.3 Å². The lowest BCUT2D eigenvalue weighted by Gasteiger charge is -2.09. The number of aromatic nitrogens is 2. The summed E-state index contributed by atoms with van der Waals surface area (Å²) in [4.78, 5) is 10.1. The zero-order valence-corrected chi connectivity index (χ0v) is 10.2. The molecule has 6 nitrogen and oxygen atoms in total. The van der Waals surface area contributed by atoms with Gasteiger partial charge in [-0.2, -0.15) is 18.3 Å². The van der Waals surface area contributed by atoms with Crippen molar-refractivity contribution in [3.05, 3.63) is 46.1 Å². The highest BCUT2D eigenvalue weighted by molar-refractivity contribution is 5.59. The monoisotopic (exact) mass is 286 g/mol. The Kier molecular flexibility index (Phi) is 3.35. The fourth-order valence-corrected chi connectivity index (χ4v) is 1.69. The van der Waals surface area contributed by atoms with Gasteiger partial charge in [0, 0.05) is 7.05 Å². The first-order chi connectivity index (χ1) is 9.34. The van der Waals surface area contributed by atoms with Crippen LogP contribution in [0.15, 0.2) is 30.5 Å². The van der Waals surface area contributed by atoms with Crippen molar-refractivity contribution < 1.29 is 18.1 Å². The van der Waals surface area contributed by atoms with Crippen LogP contribution in [-0.2, 0) is 6.18 Å². The molecule has 0 saturated heterocycles. The maximum atomic E-state index is 12.5. The van der Waals surface area contributed by atoms with E-state index in [1.54, 1.807) is 0 Å².